The number of imidazole rings is 2. The molecule has 0 spiro atoms. The standard InChI is InChI=1S/C47H47F3N6O4/c1-32(38-7-3-5-9-40(38)34-11-13-36(48)14-12-34)56-31-52-27-44(56)46(58)60-28-35-25-37(49)15-16-41(35)42-10-6-4-8-39(42)33(2)55-30-51-26-43(55)45(57)54-19-17-47(50,18-20-54)29-53-21-23-59-24-22-53/h3-16,25-27,30-33H,17-24,28-29H2,1-2H3. The number of ether oxygens (including phenoxy) is 2. The fraction of sp³-hybridized carbons (Fsp3) is 0.319. The Morgan fingerprint density at radius 2 is 1.32 bits per heavy atom. The Kier molecular flexibility index (Phi) is 12.0. The number of alkyl halides is 1. The second-order valence-electron chi connectivity index (χ2n) is 15.6. The van der Waals surface area contributed by atoms with Crippen molar-refractivity contribution in [3.63, 3.8) is 0 Å². The summed E-state index contributed by atoms with van der Waals surface area (Å²) in [6.07, 6.45) is 6.68. The lowest BCUT2D eigenvalue weighted by molar-refractivity contribution is -0.0151. The first-order valence-electron chi connectivity index (χ1n) is 20.3. The number of piperidine rings is 1. The van der Waals surface area contributed by atoms with Gasteiger partial charge in [0.1, 0.15) is 35.3 Å². The van der Waals surface area contributed by atoms with Gasteiger partial charge in [-0.25, -0.2) is 27.9 Å². The van der Waals surface area contributed by atoms with Crippen LogP contribution in [0.1, 0.15) is 76.4 Å². The third-order valence-electron chi connectivity index (χ3n) is 11.8. The number of esters is 1. The molecule has 10 nitrogen and oxygen atoms in total. The zero-order valence-electron chi connectivity index (χ0n) is 33.6. The Bertz CT molecular complexity index is 2450. The van der Waals surface area contributed by atoms with Crippen LogP contribution in [-0.4, -0.2) is 92.4 Å². The second-order valence-corrected chi connectivity index (χ2v) is 15.6. The summed E-state index contributed by atoms with van der Waals surface area (Å²) in [5.74, 6) is -1.67. The molecule has 2 aliphatic heterocycles. The van der Waals surface area contributed by atoms with Gasteiger partial charge in [-0.15, -0.1) is 0 Å². The van der Waals surface area contributed by atoms with Crippen LogP contribution in [0.3, 0.4) is 0 Å². The summed E-state index contributed by atoms with van der Waals surface area (Å²) in [5.41, 5.74) is 4.56. The molecule has 2 aliphatic rings. The van der Waals surface area contributed by atoms with Crippen molar-refractivity contribution in [3.8, 4) is 22.3 Å². The van der Waals surface area contributed by atoms with Crippen LogP contribution in [0.4, 0.5) is 13.2 Å². The van der Waals surface area contributed by atoms with Gasteiger partial charge < -0.3 is 23.5 Å². The molecule has 310 valence electrons. The fourth-order valence-electron chi connectivity index (χ4n) is 8.46. The van der Waals surface area contributed by atoms with Gasteiger partial charge in [0.15, 0.2) is 0 Å². The van der Waals surface area contributed by atoms with Crippen LogP contribution >= 0.6 is 0 Å². The molecule has 0 saturated carbocycles. The number of carbonyl (C=O) groups is 2. The Morgan fingerprint density at radius 3 is 2.00 bits per heavy atom. The second kappa shape index (κ2) is 17.7. The number of likely N-dealkylation sites (tertiary alicyclic amines) is 1. The summed E-state index contributed by atoms with van der Waals surface area (Å²) in [7, 11) is 0. The highest BCUT2D eigenvalue weighted by molar-refractivity contribution is 5.92. The third kappa shape index (κ3) is 8.64. The van der Waals surface area contributed by atoms with Gasteiger partial charge in [0, 0.05) is 51.1 Å². The molecule has 0 N–H and O–H groups in total. The summed E-state index contributed by atoms with van der Waals surface area (Å²) < 4.78 is 59.4. The summed E-state index contributed by atoms with van der Waals surface area (Å²) in [4.78, 5) is 40.1. The van der Waals surface area contributed by atoms with Gasteiger partial charge in [-0.2, -0.15) is 0 Å². The zero-order valence-corrected chi connectivity index (χ0v) is 33.6. The maximum Gasteiger partial charge on any atom is 0.356 e. The molecule has 0 aliphatic carbocycles. The highest BCUT2D eigenvalue weighted by Gasteiger charge is 2.38. The van der Waals surface area contributed by atoms with E-state index in [0.29, 0.717) is 62.8 Å². The lowest BCUT2D eigenvalue weighted by atomic mass is 9.92. The van der Waals surface area contributed by atoms with E-state index in [1.165, 1.54) is 30.5 Å². The number of benzene rings is 4. The van der Waals surface area contributed by atoms with Gasteiger partial charge in [0.2, 0.25) is 0 Å². The van der Waals surface area contributed by atoms with Gasteiger partial charge in [-0.3, -0.25) is 9.69 Å². The van der Waals surface area contributed by atoms with Crippen molar-refractivity contribution < 1.29 is 32.2 Å². The van der Waals surface area contributed by atoms with Crippen LogP contribution < -0.4 is 0 Å². The van der Waals surface area contributed by atoms with Crippen LogP contribution in [0, 0.1) is 11.6 Å². The molecule has 6 aromatic rings. The summed E-state index contributed by atoms with van der Waals surface area (Å²) >= 11 is 0. The molecule has 1 amide bonds. The minimum atomic E-state index is -1.36. The molecular formula is C47H47F3N6O4. The largest absolute Gasteiger partial charge is 0.456 e. The highest BCUT2D eigenvalue weighted by atomic mass is 19.1. The van der Waals surface area contributed by atoms with Gasteiger partial charge in [0.25, 0.3) is 5.91 Å². The van der Waals surface area contributed by atoms with E-state index in [1.807, 2.05) is 66.9 Å². The zero-order chi connectivity index (χ0) is 41.8. The molecule has 0 bridgehead atoms. The monoisotopic (exact) mass is 816 g/mol. The Hall–Kier alpha value is -6.05. The van der Waals surface area contributed by atoms with Crippen LogP contribution in [0.15, 0.2) is 116 Å². The topological polar surface area (TPSA) is 94.7 Å². The van der Waals surface area contributed by atoms with E-state index < -0.39 is 17.5 Å². The average molecular weight is 817 g/mol. The minimum absolute atomic E-state index is 0.212. The van der Waals surface area contributed by atoms with E-state index in [9.17, 15) is 18.4 Å². The average Bonchev–Trinajstić information content (AvgIpc) is 3.97. The van der Waals surface area contributed by atoms with Crippen molar-refractivity contribution in [3.05, 3.63) is 156 Å². The lowest BCUT2D eigenvalue weighted by Crippen LogP contribution is -2.51. The minimum Gasteiger partial charge on any atom is -0.456 e. The van der Waals surface area contributed by atoms with E-state index in [4.69, 9.17) is 9.47 Å². The number of halogens is 3. The SMILES string of the molecule is CC(c1ccccc1-c1ccc(F)cc1)n1cncc1C(=O)OCc1cc(F)ccc1-c1ccccc1C(C)n1cncc1C(=O)N1CCC(F)(CN2CCOCC2)CC1. The van der Waals surface area contributed by atoms with Crippen molar-refractivity contribution in [2.75, 3.05) is 45.9 Å². The number of amides is 1. The predicted octanol–water partition coefficient (Wildman–Crippen LogP) is 8.54. The Balaban J connectivity index is 0.988. The molecule has 4 aromatic carbocycles. The lowest BCUT2D eigenvalue weighted by Gasteiger charge is -2.40. The van der Waals surface area contributed by atoms with E-state index >= 15 is 4.39 Å². The third-order valence-corrected chi connectivity index (χ3v) is 11.8. The van der Waals surface area contributed by atoms with Crippen molar-refractivity contribution in [2.24, 2.45) is 0 Å². The normalized spacial score (nSPS) is 16.6. The molecule has 4 heterocycles. The summed E-state index contributed by atoms with van der Waals surface area (Å²) in [6, 6.07) is 25.3. The maximum absolute atomic E-state index is 15.9. The molecule has 0 radical (unpaired) electrons. The van der Waals surface area contributed by atoms with Gasteiger partial charge >= 0.3 is 5.97 Å². The molecule has 60 heavy (non-hydrogen) atoms. The molecular weight excluding hydrogens is 770 g/mol. The van der Waals surface area contributed by atoms with E-state index in [0.717, 1.165) is 27.8 Å². The van der Waals surface area contributed by atoms with Crippen LogP contribution in [0.2, 0.25) is 0 Å². The predicted molar refractivity (Wildman–Crippen MR) is 221 cm³/mol. The van der Waals surface area contributed by atoms with Crippen molar-refractivity contribution in [2.45, 2.75) is 51.0 Å². The first-order chi connectivity index (χ1) is 29.1. The molecule has 2 aromatic heterocycles. The number of nitrogens with zero attached hydrogens (tertiary/aromatic N) is 6. The number of aromatic nitrogens is 4. The summed E-state index contributed by atoms with van der Waals surface area (Å²) in [5, 5.41) is 0. The number of morpholine rings is 1. The highest BCUT2D eigenvalue weighted by Crippen LogP contribution is 2.36. The molecule has 2 saturated heterocycles. The quantitative estimate of drug-likeness (QED) is 0.114. The van der Waals surface area contributed by atoms with E-state index in [2.05, 4.69) is 14.9 Å². The number of rotatable bonds is 12. The van der Waals surface area contributed by atoms with Gasteiger partial charge in [-0.05, 0) is 71.5 Å². The van der Waals surface area contributed by atoms with Crippen molar-refractivity contribution in [1.29, 1.82) is 0 Å². The smallest absolute Gasteiger partial charge is 0.356 e. The van der Waals surface area contributed by atoms with Crippen LogP contribution in [0.25, 0.3) is 22.3 Å². The maximum atomic E-state index is 15.9. The van der Waals surface area contributed by atoms with Crippen LogP contribution in [0.5, 0.6) is 0 Å². The molecule has 8 rings (SSSR count). The number of hydrogen-bond donors (Lipinski definition) is 0. The first kappa shape index (κ1) is 40.7. The molecule has 2 unspecified atom stereocenters. The van der Waals surface area contributed by atoms with Crippen molar-refractivity contribution >= 4 is 11.9 Å². The Morgan fingerprint density at radius 1 is 0.733 bits per heavy atom. The number of carbonyl (C=O) groups excluding carboxylic acids is 2. The first-order valence-corrected chi connectivity index (χ1v) is 20.3. The molecule has 2 atom stereocenters. The van der Waals surface area contributed by atoms with Gasteiger partial charge in [-0.1, -0.05) is 66.7 Å². The van der Waals surface area contributed by atoms with E-state index in [-0.39, 0.29) is 49.0 Å². The van der Waals surface area contributed by atoms with Gasteiger partial charge in [0.05, 0.1) is 50.3 Å². The fourth-order valence-corrected chi connectivity index (χ4v) is 8.46. The van der Waals surface area contributed by atoms with E-state index in [1.54, 1.807) is 46.5 Å². The van der Waals surface area contributed by atoms with Crippen molar-refractivity contribution in [1.82, 2.24) is 28.9 Å². The summed E-state index contributed by atoms with van der Waals surface area (Å²) in [6.45, 7) is 7.25. The molecule has 13 heteroatoms. The number of hydrogen-bond acceptors (Lipinski definition) is 7. The molecule has 2 fully saturated rings. The van der Waals surface area contributed by atoms with Crippen LogP contribution in [-0.2, 0) is 16.1 Å². The Labute approximate surface area is 347 Å².